The molecule has 3 heterocycles. The Morgan fingerprint density at radius 2 is 1.77 bits per heavy atom. The van der Waals surface area contributed by atoms with Gasteiger partial charge < -0.3 is 15.0 Å². The van der Waals surface area contributed by atoms with Crippen LogP contribution in [0.25, 0.3) is 16.9 Å². The molecule has 0 spiro atoms. The Morgan fingerprint density at radius 3 is 2.46 bits per heavy atom. The quantitative estimate of drug-likeness (QED) is 0.458. The number of carbonyl (C=O) groups excluding carboxylic acids is 1. The van der Waals surface area contributed by atoms with Crippen LogP contribution in [0.5, 0.6) is 0 Å². The number of carbonyl (C=O) groups is 1. The molecule has 1 aliphatic heterocycles. The van der Waals surface area contributed by atoms with E-state index in [1.54, 1.807) is 29.2 Å². The van der Waals surface area contributed by atoms with Gasteiger partial charge in [-0.3, -0.25) is 4.79 Å². The number of hydrogen-bond donors (Lipinski definition) is 1. The number of rotatable bonds is 6. The monoisotopic (exact) mass is 471 g/mol. The first-order chi connectivity index (χ1) is 17.1. The molecule has 178 valence electrons. The van der Waals surface area contributed by atoms with Crippen molar-refractivity contribution in [3.8, 4) is 16.9 Å². The number of pyridine rings is 1. The summed E-state index contributed by atoms with van der Waals surface area (Å²) in [7, 11) is 0. The molecule has 0 atom stereocenters. The van der Waals surface area contributed by atoms with Gasteiger partial charge in [0.1, 0.15) is 17.3 Å². The second-order valence-electron chi connectivity index (χ2n) is 8.49. The van der Waals surface area contributed by atoms with Gasteiger partial charge in [0.05, 0.1) is 24.5 Å². The lowest BCUT2D eigenvalue weighted by Gasteiger charge is -2.27. The molecule has 35 heavy (non-hydrogen) atoms. The Morgan fingerprint density at radius 1 is 1.03 bits per heavy atom. The molecule has 2 aromatic heterocycles. The Bertz CT molecular complexity index is 1300. The lowest BCUT2D eigenvalue weighted by molar-refractivity contribution is 0.0951. The first-order valence-corrected chi connectivity index (χ1v) is 11.6. The zero-order chi connectivity index (χ0) is 24.2. The molecular formula is C27H26FN5O2. The molecule has 5 rings (SSSR count). The van der Waals surface area contributed by atoms with Crippen molar-refractivity contribution in [2.24, 2.45) is 0 Å². The van der Waals surface area contributed by atoms with Crippen LogP contribution in [0, 0.1) is 12.7 Å². The van der Waals surface area contributed by atoms with Gasteiger partial charge in [0.2, 0.25) is 0 Å². The van der Waals surface area contributed by atoms with Crippen molar-refractivity contribution in [2.45, 2.75) is 13.5 Å². The molecule has 2 aromatic carbocycles. The number of halogens is 1. The van der Waals surface area contributed by atoms with E-state index in [1.165, 1.54) is 12.1 Å². The SMILES string of the molecule is Cc1ccc(-c2nn(-c3ccc(F)cc3)cc2C(=O)NCc2ccc(N3CCOCC3)nc2)cc1. The maximum atomic E-state index is 13.4. The average Bonchev–Trinajstić information content (AvgIpc) is 3.34. The maximum absolute atomic E-state index is 13.4. The van der Waals surface area contributed by atoms with Gasteiger partial charge in [-0.1, -0.05) is 35.9 Å². The summed E-state index contributed by atoms with van der Waals surface area (Å²) in [5, 5.41) is 7.64. The largest absolute Gasteiger partial charge is 0.378 e. The van der Waals surface area contributed by atoms with E-state index in [2.05, 4.69) is 20.3 Å². The third-order valence-electron chi connectivity index (χ3n) is 5.97. The van der Waals surface area contributed by atoms with E-state index in [0.29, 0.717) is 36.7 Å². The van der Waals surface area contributed by atoms with Crippen LogP contribution in [0.1, 0.15) is 21.5 Å². The van der Waals surface area contributed by atoms with E-state index in [1.807, 2.05) is 43.3 Å². The first-order valence-electron chi connectivity index (χ1n) is 11.6. The number of morpholine rings is 1. The van der Waals surface area contributed by atoms with Crippen LogP contribution < -0.4 is 10.2 Å². The fourth-order valence-electron chi connectivity index (χ4n) is 3.97. The van der Waals surface area contributed by atoms with Crippen molar-refractivity contribution in [1.29, 1.82) is 0 Å². The number of aryl methyl sites for hydroxylation is 1. The van der Waals surface area contributed by atoms with Crippen molar-refractivity contribution in [2.75, 3.05) is 31.2 Å². The van der Waals surface area contributed by atoms with Crippen LogP contribution in [0.4, 0.5) is 10.2 Å². The molecule has 7 nitrogen and oxygen atoms in total. The van der Waals surface area contributed by atoms with Crippen LogP contribution in [-0.2, 0) is 11.3 Å². The second kappa shape index (κ2) is 10.1. The van der Waals surface area contributed by atoms with Gasteiger partial charge >= 0.3 is 0 Å². The van der Waals surface area contributed by atoms with Crippen molar-refractivity contribution >= 4 is 11.7 Å². The molecule has 1 amide bonds. The fraction of sp³-hybridized carbons (Fsp3) is 0.222. The molecule has 1 N–H and O–H groups in total. The summed E-state index contributed by atoms with van der Waals surface area (Å²) in [6, 6.07) is 17.8. The number of nitrogens with zero attached hydrogens (tertiary/aromatic N) is 4. The van der Waals surface area contributed by atoms with E-state index in [0.717, 1.165) is 35.6 Å². The van der Waals surface area contributed by atoms with E-state index in [9.17, 15) is 9.18 Å². The lowest BCUT2D eigenvalue weighted by atomic mass is 10.1. The number of hydrogen-bond acceptors (Lipinski definition) is 5. The Balaban J connectivity index is 1.36. The third-order valence-corrected chi connectivity index (χ3v) is 5.97. The Labute approximate surface area is 203 Å². The summed E-state index contributed by atoms with van der Waals surface area (Å²) in [4.78, 5) is 20.0. The second-order valence-corrected chi connectivity index (χ2v) is 8.49. The molecule has 0 bridgehead atoms. The molecule has 0 saturated carbocycles. The number of benzene rings is 2. The molecule has 0 unspecified atom stereocenters. The van der Waals surface area contributed by atoms with Gasteiger partial charge in [-0.25, -0.2) is 14.1 Å². The van der Waals surface area contributed by atoms with Gasteiger partial charge in [-0.15, -0.1) is 0 Å². The number of aromatic nitrogens is 3. The zero-order valence-electron chi connectivity index (χ0n) is 19.4. The van der Waals surface area contributed by atoms with Gasteiger partial charge in [0.15, 0.2) is 0 Å². The number of anilines is 1. The summed E-state index contributed by atoms with van der Waals surface area (Å²) in [5.41, 5.74) is 4.52. The molecule has 4 aromatic rings. The summed E-state index contributed by atoms with van der Waals surface area (Å²) in [6.07, 6.45) is 3.46. The highest BCUT2D eigenvalue weighted by molar-refractivity contribution is 5.99. The van der Waals surface area contributed by atoms with Gasteiger partial charge in [0, 0.05) is 37.6 Å². The smallest absolute Gasteiger partial charge is 0.255 e. The number of nitrogens with one attached hydrogen (secondary N) is 1. The van der Waals surface area contributed by atoms with Crippen molar-refractivity contribution in [3.63, 3.8) is 0 Å². The minimum absolute atomic E-state index is 0.244. The predicted octanol–water partition coefficient (Wildman–Crippen LogP) is 4.15. The minimum Gasteiger partial charge on any atom is -0.378 e. The van der Waals surface area contributed by atoms with Crippen molar-refractivity contribution < 1.29 is 13.9 Å². The lowest BCUT2D eigenvalue weighted by Crippen LogP contribution is -2.36. The van der Waals surface area contributed by atoms with Crippen molar-refractivity contribution in [3.05, 3.63) is 95.6 Å². The predicted molar refractivity (Wildman–Crippen MR) is 132 cm³/mol. The summed E-state index contributed by atoms with van der Waals surface area (Å²) in [5.74, 6) is 0.336. The van der Waals surface area contributed by atoms with Gasteiger partial charge in [-0.2, -0.15) is 5.10 Å². The highest BCUT2D eigenvalue weighted by Crippen LogP contribution is 2.24. The summed E-state index contributed by atoms with van der Waals surface area (Å²) >= 11 is 0. The van der Waals surface area contributed by atoms with Crippen LogP contribution in [0.15, 0.2) is 73.1 Å². The van der Waals surface area contributed by atoms with Gasteiger partial charge in [0.25, 0.3) is 5.91 Å². The van der Waals surface area contributed by atoms with Crippen LogP contribution in [-0.4, -0.2) is 47.0 Å². The molecule has 1 aliphatic rings. The standard InChI is InChI=1S/C27H26FN5O2/c1-19-2-5-21(6-3-19)26-24(18-33(31-26)23-9-7-22(28)8-10-23)27(34)30-17-20-4-11-25(29-16-20)32-12-14-35-15-13-32/h2-11,16,18H,12-15,17H2,1H3,(H,30,34). The summed E-state index contributed by atoms with van der Waals surface area (Å²) < 4.78 is 20.4. The zero-order valence-corrected chi connectivity index (χ0v) is 19.4. The minimum atomic E-state index is -0.328. The highest BCUT2D eigenvalue weighted by atomic mass is 19.1. The highest BCUT2D eigenvalue weighted by Gasteiger charge is 2.19. The molecule has 1 saturated heterocycles. The van der Waals surface area contributed by atoms with E-state index < -0.39 is 0 Å². The van der Waals surface area contributed by atoms with E-state index in [4.69, 9.17) is 4.74 Å². The topological polar surface area (TPSA) is 72.3 Å². The normalized spacial score (nSPS) is 13.6. The molecular weight excluding hydrogens is 445 g/mol. The number of amides is 1. The van der Waals surface area contributed by atoms with Crippen LogP contribution >= 0.6 is 0 Å². The van der Waals surface area contributed by atoms with Crippen LogP contribution in [0.3, 0.4) is 0 Å². The molecule has 1 fully saturated rings. The maximum Gasteiger partial charge on any atom is 0.255 e. The number of ether oxygens (including phenoxy) is 1. The summed E-state index contributed by atoms with van der Waals surface area (Å²) in [6.45, 7) is 5.39. The third kappa shape index (κ3) is 5.22. The van der Waals surface area contributed by atoms with Gasteiger partial charge in [-0.05, 0) is 42.8 Å². The molecule has 8 heteroatoms. The molecule has 0 radical (unpaired) electrons. The average molecular weight is 472 g/mol. The Kier molecular flexibility index (Phi) is 6.54. The molecule has 0 aliphatic carbocycles. The van der Waals surface area contributed by atoms with Crippen molar-refractivity contribution in [1.82, 2.24) is 20.1 Å². The fourth-order valence-corrected chi connectivity index (χ4v) is 3.97. The van der Waals surface area contributed by atoms with Crippen LogP contribution in [0.2, 0.25) is 0 Å². The van der Waals surface area contributed by atoms with E-state index in [-0.39, 0.29) is 11.7 Å². The first kappa shape index (κ1) is 22.7. The Hall–Kier alpha value is -4.04. The van der Waals surface area contributed by atoms with E-state index >= 15 is 0 Å².